The minimum atomic E-state index is -2.57. The summed E-state index contributed by atoms with van der Waals surface area (Å²) < 4.78 is 36.2. The van der Waals surface area contributed by atoms with E-state index in [-0.39, 0.29) is 24.5 Å². The maximum absolute atomic E-state index is 13.2. The van der Waals surface area contributed by atoms with Crippen LogP contribution in [0.25, 0.3) is 0 Å². The van der Waals surface area contributed by atoms with Crippen molar-refractivity contribution in [2.75, 3.05) is 14.2 Å². The summed E-state index contributed by atoms with van der Waals surface area (Å²) >= 11 is 0. The molecule has 1 heterocycles. The van der Waals surface area contributed by atoms with Gasteiger partial charge in [-0.1, -0.05) is 0 Å². The number of ether oxygens (including phenoxy) is 2. The topological polar surface area (TPSA) is 48.4 Å². The largest absolute Gasteiger partial charge is 0.496 e. The zero-order valence-corrected chi connectivity index (χ0v) is 11.5. The van der Waals surface area contributed by atoms with Crippen LogP contribution in [-0.2, 0) is 4.74 Å². The summed E-state index contributed by atoms with van der Waals surface area (Å²) in [5.41, 5.74) is 0.921. The Bertz CT molecular complexity index is 495. The minimum Gasteiger partial charge on any atom is -0.496 e. The lowest BCUT2D eigenvalue weighted by Gasteiger charge is -2.29. The normalized spacial score (nSPS) is 18.6. The Kier molecular flexibility index (Phi) is 4.20. The second-order valence-corrected chi connectivity index (χ2v) is 4.93. The number of pyridine rings is 1. The van der Waals surface area contributed by atoms with E-state index in [4.69, 9.17) is 4.74 Å². The van der Waals surface area contributed by atoms with Crippen molar-refractivity contribution in [3.63, 3.8) is 0 Å². The first-order chi connectivity index (χ1) is 9.46. The first-order valence-corrected chi connectivity index (χ1v) is 6.47. The van der Waals surface area contributed by atoms with Gasteiger partial charge in [0.15, 0.2) is 5.69 Å². The summed E-state index contributed by atoms with van der Waals surface area (Å²) in [5.74, 6) is -2.63. The van der Waals surface area contributed by atoms with Crippen molar-refractivity contribution >= 4 is 5.97 Å². The molecule has 0 saturated heterocycles. The summed E-state index contributed by atoms with van der Waals surface area (Å²) in [6.45, 7) is 0. The van der Waals surface area contributed by atoms with Crippen LogP contribution in [0.2, 0.25) is 0 Å². The van der Waals surface area contributed by atoms with Crippen LogP contribution in [0.15, 0.2) is 12.3 Å². The second kappa shape index (κ2) is 5.73. The predicted octanol–water partition coefficient (Wildman–Crippen LogP) is 3.17. The van der Waals surface area contributed by atoms with Gasteiger partial charge in [-0.25, -0.2) is 18.6 Å². The van der Waals surface area contributed by atoms with Crippen LogP contribution in [0.4, 0.5) is 8.78 Å². The molecule has 1 aromatic rings. The number of aromatic nitrogens is 1. The molecule has 0 radical (unpaired) electrons. The van der Waals surface area contributed by atoms with Crippen LogP contribution in [0.5, 0.6) is 5.75 Å². The molecule has 1 saturated carbocycles. The SMILES string of the molecule is COC(=O)c1cc(OC)c(C2CCC(F)(F)CC2)cn1. The van der Waals surface area contributed by atoms with Crippen LogP contribution >= 0.6 is 0 Å². The van der Waals surface area contributed by atoms with E-state index in [1.807, 2.05) is 0 Å². The Morgan fingerprint density at radius 2 is 2.00 bits per heavy atom. The first-order valence-electron chi connectivity index (χ1n) is 6.47. The first kappa shape index (κ1) is 14.7. The molecule has 4 nitrogen and oxygen atoms in total. The molecule has 20 heavy (non-hydrogen) atoms. The van der Waals surface area contributed by atoms with Crippen molar-refractivity contribution in [2.45, 2.75) is 37.5 Å². The number of carbonyl (C=O) groups is 1. The van der Waals surface area contributed by atoms with E-state index >= 15 is 0 Å². The molecule has 0 aliphatic heterocycles. The smallest absolute Gasteiger partial charge is 0.356 e. The fourth-order valence-corrected chi connectivity index (χ4v) is 2.50. The van der Waals surface area contributed by atoms with Gasteiger partial charge in [0.05, 0.1) is 14.2 Å². The number of methoxy groups -OCH3 is 2. The minimum absolute atomic E-state index is 0.0104. The molecular formula is C14H17F2NO3. The third-order valence-electron chi connectivity index (χ3n) is 3.67. The Hall–Kier alpha value is -1.72. The average Bonchev–Trinajstić information content (AvgIpc) is 2.46. The number of carbonyl (C=O) groups excluding carboxylic acids is 1. The third-order valence-corrected chi connectivity index (χ3v) is 3.67. The number of nitrogens with zero attached hydrogens (tertiary/aromatic N) is 1. The van der Waals surface area contributed by atoms with Crippen molar-refractivity contribution < 1.29 is 23.0 Å². The fourth-order valence-electron chi connectivity index (χ4n) is 2.50. The van der Waals surface area contributed by atoms with E-state index < -0.39 is 11.9 Å². The number of hydrogen-bond acceptors (Lipinski definition) is 4. The molecule has 0 N–H and O–H groups in total. The lowest BCUT2D eigenvalue weighted by Crippen LogP contribution is -2.24. The molecule has 1 aliphatic rings. The van der Waals surface area contributed by atoms with Gasteiger partial charge in [0, 0.05) is 30.7 Å². The standard InChI is InChI=1S/C14H17F2NO3/c1-19-12-7-11(13(18)20-2)17-8-10(12)9-3-5-14(15,16)6-4-9/h7-9H,3-6H2,1-2H3. The highest BCUT2D eigenvalue weighted by atomic mass is 19.3. The van der Waals surface area contributed by atoms with Gasteiger partial charge in [-0.2, -0.15) is 0 Å². The quantitative estimate of drug-likeness (QED) is 0.800. The van der Waals surface area contributed by atoms with Crippen LogP contribution < -0.4 is 4.74 Å². The van der Waals surface area contributed by atoms with Crippen LogP contribution in [0.3, 0.4) is 0 Å². The molecule has 1 fully saturated rings. The van der Waals surface area contributed by atoms with E-state index in [2.05, 4.69) is 9.72 Å². The van der Waals surface area contributed by atoms with Gasteiger partial charge in [-0.3, -0.25) is 0 Å². The number of rotatable bonds is 3. The summed E-state index contributed by atoms with van der Waals surface area (Å²) in [5, 5.41) is 0. The zero-order chi connectivity index (χ0) is 14.8. The van der Waals surface area contributed by atoms with E-state index in [0.29, 0.717) is 18.6 Å². The lowest BCUT2D eigenvalue weighted by molar-refractivity contribution is -0.0383. The van der Waals surface area contributed by atoms with Crippen molar-refractivity contribution in [1.82, 2.24) is 4.98 Å². The maximum atomic E-state index is 13.2. The lowest BCUT2D eigenvalue weighted by atomic mass is 9.82. The fraction of sp³-hybridized carbons (Fsp3) is 0.571. The Balaban J connectivity index is 2.22. The molecule has 1 aliphatic carbocycles. The molecule has 1 aromatic heterocycles. The van der Waals surface area contributed by atoms with Crippen molar-refractivity contribution in [2.24, 2.45) is 0 Å². The number of hydrogen-bond donors (Lipinski definition) is 0. The van der Waals surface area contributed by atoms with Crippen molar-refractivity contribution in [3.05, 3.63) is 23.5 Å². The number of halogens is 2. The van der Waals surface area contributed by atoms with Crippen LogP contribution in [-0.4, -0.2) is 31.1 Å². The number of alkyl halides is 2. The molecule has 0 spiro atoms. The van der Waals surface area contributed by atoms with Crippen molar-refractivity contribution in [3.8, 4) is 5.75 Å². The molecule has 110 valence electrons. The highest BCUT2D eigenvalue weighted by molar-refractivity contribution is 5.87. The van der Waals surface area contributed by atoms with Gasteiger partial charge in [0.25, 0.3) is 0 Å². The highest BCUT2D eigenvalue weighted by Crippen LogP contribution is 2.43. The molecule has 0 atom stereocenters. The summed E-state index contributed by atoms with van der Waals surface area (Å²) in [6, 6.07) is 1.49. The third kappa shape index (κ3) is 3.05. The van der Waals surface area contributed by atoms with Gasteiger partial charge in [-0.05, 0) is 18.8 Å². The molecule has 0 unspecified atom stereocenters. The van der Waals surface area contributed by atoms with Gasteiger partial charge in [-0.15, -0.1) is 0 Å². The summed E-state index contributed by atoms with van der Waals surface area (Å²) in [4.78, 5) is 15.4. The van der Waals surface area contributed by atoms with Gasteiger partial charge < -0.3 is 9.47 Å². The zero-order valence-electron chi connectivity index (χ0n) is 11.5. The van der Waals surface area contributed by atoms with E-state index in [1.165, 1.54) is 26.5 Å². The highest BCUT2D eigenvalue weighted by Gasteiger charge is 2.36. The van der Waals surface area contributed by atoms with Crippen LogP contribution in [0.1, 0.15) is 47.7 Å². The summed E-state index contributed by atoms with van der Waals surface area (Å²) in [7, 11) is 2.75. The summed E-state index contributed by atoms with van der Waals surface area (Å²) in [6.07, 6.45) is 2.06. The molecule has 0 amide bonds. The van der Waals surface area contributed by atoms with E-state index in [9.17, 15) is 13.6 Å². The molecular weight excluding hydrogens is 268 g/mol. The maximum Gasteiger partial charge on any atom is 0.356 e. The Morgan fingerprint density at radius 3 is 2.55 bits per heavy atom. The molecule has 0 bridgehead atoms. The predicted molar refractivity (Wildman–Crippen MR) is 68.3 cm³/mol. The van der Waals surface area contributed by atoms with Gasteiger partial charge in [0.2, 0.25) is 5.92 Å². The van der Waals surface area contributed by atoms with Gasteiger partial charge >= 0.3 is 5.97 Å². The van der Waals surface area contributed by atoms with E-state index in [0.717, 1.165) is 5.56 Å². The van der Waals surface area contributed by atoms with Crippen molar-refractivity contribution in [1.29, 1.82) is 0 Å². The molecule has 2 rings (SSSR count). The Morgan fingerprint density at radius 1 is 1.35 bits per heavy atom. The van der Waals surface area contributed by atoms with E-state index in [1.54, 1.807) is 0 Å². The monoisotopic (exact) mass is 285 g/mol. The molecule has 0 aromatic carbocycles. The van der Waals surface area contributed by atoms with Crippen LogP contribution in [0, 0.1) is 0 Å². The second-order valence-electron chi connectivity index (χ2n) is 4.93. The molecule has 6 heteroatoms. The number of esters is 1. The Labute approximate surface area is 116 Å². The average molecular weight is 285 g/mol. The van der Waals surface area contributed by atoms with Gasteiger partial charge in [0.1, 0.15) is 5.75 Å².